The minimum absolute atomic E-state index is 0.119. The zero-order valence-electron chi connectivity index (χ0n) is 10.8. The van der Waals surface area contributed by atoms with Gasteiger partial charge in [0.2, 0.25) is 0 Å². The first-order valence-corrected chi connectivity index (χ1v) is 7.70. The zero-order valence-corrected chi connectivity index (χ0v) is 11.6. The Labute approximate surface area is 117 Å². The standard InChI is InChI=1S/C16H18FNS/c17-14-4-1-3-12(9-14)13-10-15(11-13)18-7-6-16-5-2-8-19-16/h1-5,8-9,13,15,18H,6-7,10-11H2. The molecule has 0 saturated heterocycles. The monoisotopic (exact) mass is 275 g/mol. The van der Waals surface area contributed by atoms with Crippen molar-refractivity contribution in [2.75, 3.05) is 6.54 Å². The normalized spacial score (nSPS) is 22.2. The fourth-order valence-electron chi connectivity index (χ4n) is 2.67. The van der Waals surface area contributed by atoms with Crippen LogP contribution in [-0.4, -0.2) is 12.6 Å². The summed E-state index contributed by atoms with van der Waals surface area (Å²) >= 11 is 1.82. The van der Waals surface area contributed by atoms with Gasteiger partial charge in [-0.1, -0.05) is 18.2 Å². The molecule has 0 atom stereocenters. The smallest absolute Gasteiger partial charge is 0.123 e. The van der Waals surface area contributed by atoms with Crippen molar-refractivity contribution in [3.05, 3.63) is 58.0 Å². The molecule has 3 heteroatoms. The van der Waals surface area contributed by atoms with Crippen molar-refractivity contribution in [1.29, 1.82) is 0 Å². The Morgan fingerprint density at radius 2 is 2.11 bits per heavy atom. The van der Waals surface area contributed by atoms with Gasteiger partial charge in [-0.05, 0) is 54.3 Å². The van der Waals surface area contributed by atoms with Crippen LogP contribution in [0.25, 0.3) is 0 Å². The highest BCUT2D eigenvalue weighted by Crippen LogP contribution is 2.36. The van der Waals surface area contributed by atoms with Crippen molar-refractivity contribution >= 4 is 11.3 Å². The Morgan fingerprint density at radius 3 is 2.84 bits per heavy atom. The lowest BCUT2D eigenvalue weighted by Crippen LogP contribution is -2.40. The fraction of sp³-hybridized carbons (Fsp3) is 0.375. The third kappa shape index (κ3) is 3.23. The molecule has 2 aromatic rings. The topological polar surface area (TPSA) is 12.0 Å². The number of rotatable bonds is 5. The van der Waals surface area contributed by atoms with Gasteiger partial charge in [0.25, 0.3) is 0 Å². The van der Waals surface area contributed by atoms with Crippen molar-refractivity contribution in [3.8, 4) is 0 Å². The zero-order chi connectivity index (χ0) is 13.1. The van der Waals surface area contributed by atoms with E-state index < -0.39 is 0 Å². The molecular weight excluding hydrogens is 257 g/mol. The molecule has 0 bridgehead atoms. The molecule has 1 N–H and O–H groups in total. The average Bonchev–Trinajstić information content (AvgIpc) is 2.85. The van der Waals surface area contributed by atoms with Crippen LogP contribution in [0.5, 0.6) is 0 Å². The van der Waals surface area contributed by atoms with Gasteiger partial charge in [-0.3, -0.25) is 0 Å². The van der Waals surface area contributed by atoms with Gasteiger partial charge < -0.3 is 5.32 Å². The Bertz CT molecular complexity index is 517. The molecule has 0 spiro atoms. The van der Waals surface area contributed by atoms with Gasteiger partial charge in [-0.15, -0.1) is 11.3 Å². The second kappa shape index (κ2) is 5.85. The lowest BCUT2D eigenvalue weighted by atomic mass is 9.76. The van der Waals surface area contributed by atoms with E-state index in [4.69, 9.17) is 0 Å². The first kappa shape index (κ1) is 12.8. The van der Waals surface area contributed by atoms with Gasteiger partial charge in [-0.25, -0.2) is 4.39 Å². The predicted octanol–water partition coefficient (Wildman–Crippen LogP) is 3.97. The number of halogens is 1. The quantitative estimate of drug-likeness (QED) is 0.870. The first-order chi connectivity index (χ1) is 9.31. The van der Waals surface area contributed by atoms with Gasteiger partial charge in [0.1, 0.15) is 5.82 Å². The average molecular weight is 275 g/mol. The van der Waals surface area contributed by atoms with Crippen LogP contribution < -0.4 is 5.32 Å². The van der Waals surface area contributed by atoms with Crippen LogP contribution in [0.2, 0.25) is 0 Å². The maximum absolute atomic E-state index is 13.1. The molecule has 0 radical (unpaired) electrons. The van der Waals surface area contributed by atoms with E-state index in [-0.39, 0.29) is 5.82 Å². The summed E-state index contributed by atoms with van der Waals surface area (Å²) in [6.07, 6.45) is 3.38. The van der Waals surface area contributed by atoms with E-state index in [2.05, 4.69) is 22.8 Å². The summed E-state index contributed by atoms with van der Waals surface area (Å²) in [7, 11) is 0. The molecule has 0 aliphatic heterocycles. The molecule has 1 aliphatic carbocycles. The van der Waals surface area contributed by atoms with Crippen LogP contribution in [0.1, 0.15) is 29.2 Å². The molecule has 1 nitrogen and oxygen atoms in total. The molecule has 1 aromatic carbocycles. The Kier molecular flexibility index (Phi) is 3.95. The van der Waals surface area contributed by atoms with Crippen molar-refractivity contribution in [2.24, 2.45) is 0 Å². The number of thiophene rings is 1. The maximum Gasteiger partial charge on any atom is 0.123 e. The van der Waals surface area contributed by atoms with Crippen molar-refractivity contribution < 1.29 is 4.39 Å². The largest absolute Gasteiger partial charge is 0.314 e. The number of nitrogens with one attached hydrogen (secondary N) is 1. The SMILES string of the molecule is Fc1cccc(C2CC(NCCc3cccs3)C2)c1. The number of benzene rings is 1. The summed E-state index contributed by atoms with van der Waals surface area (Å²) in [5, 5.41) is 5.71. The van der Waals surface area contributed by atoms with E-state index in [1.807, 2.05) is 23.5 Å². The van der Waals surface area contributed by atoms with Gasteiger partial charge in [0, 0.05) is 17.5 Å². The van der Waals surface area contributed by atoms with Gasteiger partial charge in [0.05, 0.1) is 0 Å². The second-order valence-corrected chi connectivity index (χ2v) is 6.24. The second-order valence-electron chi connectivity index (χ2n) is 5.20. The van der Waals surface area contributed by atoms with Crippen LogP contribution in [0, 0.1) is 5.82 Å². The van der Waals surface area contributed by atoms with E-state index in [1.54, 1.807) is 6.07 Å². The van der Waals surface area contributed by atoms with E-state index >= 15 is 0 Å². The van der Waals surface area contributed by atoms with Crippen molar-refractivity contribution in [1.82, 2.24) is 5.32 Å². The number of hydrogen-bond acceptors (Lipinski definition) is 2. The van der Waals surface area contributed by atoms with Gasteiger partial charge >= 0.3 is 0 Å². The van der Waals surface area contributed by atoms with E-state index in [9.17, 15) is 4.39 Å². The van der Waals surface area contributed by atoms with Crippen LogP contribution in [-0.2, 0) is 6.42 Å². The summed E-state index contributed by atoms with van der Waals surface area (Å²) < 4.78 is 13.1. The van der Waals surface area contributed by atoms with E-state index in [0.717, 1.165) is 31.4 Å². The van der Waals surface area contributed by atoms with Crippen molar-refractivity contribution in [3.63, 3.8) is 0 Å². The van der Waals surface area contributed by atoms with Crippen LogP contribution in [0.3, 0.4) is 0 Å². The highest BCUT2D eigenvalue weighted by Gasteiger charge is 2.29. The highest BCUT2D eigenvalue weighted by molar-refractivity contribution is 7.09. The molecule has 1 saturated carbocycles. The number of hydrogen-bond donors (Lipinski definition) is 1. The van der Waals surface area contributed by atoms with Gasteiger partial charge in [-0.2, -0.15) is 0 Å². The van der Waals surface area contributed by atoms with Crippen LogP contribution in [0.4, 0.5) is 4.39 Å². The Balaban J connectivity index is 1.41. The molecule has 1 aromatic heterocycles. The summed E-state index contributed by atoms with van der Waals surface area (Å²) in [6, 6.07) is 11.9. The fourth-order valence-corrected chi connectivity index (χ4v) is 3.38. The summed E-state index contributed by atoms with van der Waals surface area (Å²) in [5.41, 5.74) is 1.15. The van der Waals surface area contributed by atoms with E-state index in [1.165, 1.54) is 10.9 Å². The van der Waals surface area contributed by atoms with Crippen LogP contribution >= 0.6 is 11.3 Å². The molecule has 1 fully saturated rings. The highest BCUT2D eigenvalue weighted by atomic mass is 32.1. The molecule has 0 unspecified atom stereocenters. The molecule has 100 valence electrons. The van der Waals surface area contributed by atoms with Crippen molar-refractivity contribution in [2.45, 2.75) is 31.2 Å². The predicted molar refractivity (Wildman–Crippen MR) is 78.2 cm³/mol. The minimum atomic E-state index is -0.119. The minimum Gasteiger partial charge on any atom is -0.314 e. The Morgan fingerprint density at radius 1 is 1.21 bits per heavy atom. The summed E-state index contributed by atoms with van der Waals surface area (Å²) in [6.45, 7) is 1.04. The first-order valence-electron chi connectivity index (χ1n) is 6.82. The molecule has 1 aliphatic rings. The van der Waals surface area contributed by atoms with Gasteiger partial charge in [0.15, 0.2) is 0 Å². The third-order valence-corrected chi connectivity index (χ3v) is 4.78. The maximum atomic E-state index is 13.1. The Hall–Kier alpha value is -1.19. The molecular formula is C16H18FNS. The van der Waals surface area contributed by atoms with E-state index in [0.29, 0.717) is 12.0 Å². The lowest BCUT2D eigenvalue weighted by Gasteiger charge is -2.36. The third-order valence-electron chi connectivity index (χ3n) is 3.84. The molecule has 3 rings (SSSR count). The summed E-state index contributed by atoms with van der Waals surface area (Å²) in [4.78, 5) is 1.44. The lowest BCUT2D eigenvalue weighted by molar-refractivity contribution is 0.292. The summed E-state index contributed by atoms with van der Waals surface area (Å²) in [5.74, 6) is 0.418. The molecule has 19 heavy (non-hydrogen) atoms. The molecule has 0 amide bonds. The molecule has 1 heterocycles. The van der Waals surface area contributed by atoms with Crippen LogP contribution in [0.15, 0.2) is 41.8 Å².